The van der Waals surface area contributed by atoms with Gasteiger partial charge in [0.2, 0.25) is 0 Å². The third kappa shape index (κ3) is 6.60. The SMILES string of the molecule is C=COC(=O)NCCCC(=O)O. The lowest BCUT2D eigenvalue weighted by atomic mass is 10.3. The number of rotatable bonds is 5. The van der Waals surface area contributed by atoms with Crippen LogP contribution in [-0.2, 0) is 9.53 Å². The van der Waals surface area contributed by atoms with Crippen LogP contribution < -0.4 is 5.32 Å². The molecule has 5 heteroatoms. The summed E-state index contributed by atoms with van der Waals surface area (Å²) in [5, 5.41) is 10.6. The van der Waals surface area contributed by atoms with Crippen LogP contribution in [-0.4, -0.2) is 23.7 Å². The van der Waals surface area contributed by atoms with Crippen LogP contribution in [0.1, 0.15) is 12.8 Å². The molecule has 0 saturated carbocycles. The number of amides is 1. The first-order valence-corrected chi connectivity index (χ1v) is 3.44. The molecule has 0 unspecified atom stereocenters. The number of hydrogen-bond acceptors (Lipinski definition) is 3. The maximum Gasteiger partial charge on any atom is 0.411 e. The molecule has 0 aliphatic rings. The lowest BCUT2D eigenvalue weighted by Crippen LogP contribution is -2.24. The number of carboxylic acid groups (broad SMARTS) is 1. The zero-order chi connectivity index (χ0) is 9.40. The van der Waals surface area contributed by atoms with Crippen LogP contribution >= 0.6 is 0 Å². The van der Waals surface area contributed by atoms with Crippen molar-refractivity contribution in [2.24, 2.45) is 0 Å². The molecule has 12 heavy (non-hydrogen) atoms. The van der Waals surface area contributed by atoms with Crippen molar-refractivity contribution in [3.63, 3.8) is 0 Å². The Morgan fingerprint density at radius 2 is 2.25 bits per heavy atom. The fourth-order valence-corrected chi connectivity index (χ4v) is 0.547. The van der Waals surface area contributed by atoms with Crippen molar-refractivity contribution >= 4 is 12.1 Å². The Morgan fingerprint density at radius 3 is 2.75 bits per heavy atom. The first kappa shape index (κ1) is 10.5. The normalized spacial score (nSPS) is 8.67. The molecule has 0 aromatic heterocycles. The topological polar surface area (TPSA) is 75.6 Å². The number of carbonyl (C=O) groups excluding carboxylic acids is 1. The predicted octanol–water partition coefficient (Wildman–Crippen LogP) is 0.721. The first-order valence-electron chi connectivity index (χ1n) is 3.44. The highest BCUT2D eigenvalue weighted by Gasteiger charge is 1.99. The lowest BCUT2D eigenvalue weighted by molar-refractivity contribution is -0.137. The van der Waals surface area contributed by atoms with Gasteiger partial charge in [0, 0.05) is 13.0 Å². The van der Waals surface area contributed by atoms with E-state index in [1.807, 2.05) is 0 Å². The second-order valence-corrected chi connectivity index (χ2v) is 2.00. The van der Waals surface area contributed by atoms with E-state index in [1.165, 1.54) is 0 Å². The maximum atomic E-state index is 10.5. The number of aliphatic carboxylic acids is 1. The summed E-state index contributed by atoms with van der Waals surface area (Å²) >= 11 is 0. The van der Waals surface area contributed by atoms with Crippen LogP contribution in [0.4, 0.5) is 4.79 Å². The fourth-order valence-electron chi connectivity index (χ4n) is 0.547. The number of ether oxygens (including phenoxy) is 1. The molecule has 5 nitrogen and oxygen atoms in total. The summed E-state index contributed by atoms with van der Waals surface area (Å²) in [5.74, 6) is -0.881. The van der Waals surface area contributed by atoms with Gasteiger partial charge < -0.3 is 15.2 Å². The van der Waals surface area contributed by atoms with Crippen molar-refractivity contribution in [1.29, 1.82) is 0 Å². The van der Waals surface area contributed by atoms with Gasteiger partial charge in [0.1, 0.15) is 0 Å². The average Bonchev–Trinajstić information content (AvgIpc) is 1.98. The maximum absolute atomic E-state index is 10.5. The Labute approximate surface area is 70.0 Å². The molecule has 0 aromatic rings. The molecule has 0 fully saturated rings. The summed E-state index contributed by atoms with van der Waals surface area (Å²) in [5.41, 5.74) is 0. The van der Waals surface area contributed by atoms with E-state index in [2.05, 4.69) is 16.6 Å². The zero-order valence-corrected chi connectivity index (χ0v) is 6.58. The third-order valence-electron chi connectivity index (χ3n) is 1.03. The predicted molar refractivity (Wildman–Crippen MR) is 41.6 cm³/mol. The fraction of sp³-hybridized carbons (Fsp3) is 0.429. The largest absolute Gasteiger partial charge is 0.481 e. The van der Waals surface area contributed by atoms with E-state index in [9.17, 15) is 9.59 Å². The van der Waals surface area contributed by atoms with Crippen LogP contribution in [0.5, 0.6) is 0 Å². The highest BCUT2D eigenvalue weighted by atomic mass is 16.5. The summed E-state index contributed by atoms with van der Waals surface area (Å²) in [7, 11) is 0. The third-order valence-corrected chi connectivity index (χ3v) is 1.03. The van der Waals surface area contributed by atoms with Crippen LogP contribution in [0.15, 0.2) is 12.8 Å². The summed E-state index contributed by atoms with van der Waals surface area (Å²) in [6.45, 7) is 3.47. The van der Waals surface area contributed by atoms with Crippen molar-refractivity contribution in [3.8, 4) is 0 Å². The van der Waals surface area contributed by atoms with Gasteiger partial charge in [0.05, 0.1) is 6.26 Å². The minimum absolute atomic E-state index is 0.0361. The molecule has 0 atom stereocenters. The van der Waals surface area contributed by atoms with E-state index in [0.29, 0.717) is 13.0 Å². The highest BCUT2D eigenvalue weighted by molar-refractivity contribution is 5.68. The van der Waals surface area contributed by atoms with Gasteiger partial charge in [-0.2, -0.15) is 0 Å². The van der Waals surface area contributed by atoms with Crippen LogP contribution in [0.2, 0.25) is 0 Å². The molecule has 0 saturated heterocycles. The molecular formula is C7H11NO4. The Kier molecular flexibility index (Phi) is 5.42. The molecule has 0 bridgehead atoms. The van der Waals surface area contributed by atoms with Crippen molar-refractivity contribution in [2.75, 3.05) is 6.54 Å². The number of carbonyl (C=O) groups is 2. The molecule has 0 spiro atoms. The zero-order valence-electron chi connectivity index (χ0n) is 6.58. The van der Waals surface area contributed by atoms with Gasteiger partial charge in [-0.05, 0) is 6.42 Å². The highest BCUT2D eigenvalue weighted by Crippen LogP contribution is 1.86. The van der Waals surface area contributed by atoms with E-state index in [0.717, 1.165) is 6.26 Å². The van der Waals surface area contributed by atoms with Crippen molar-refractivity contribution in [1.82, 2.24) is 5.32 Å². The van der Waals surface area contributed by atoms with E-state index in [4.69, 9.17) is 5.11 Å². The Hall–Kier alpha value is -1.52. The monoisotopic (exact) mass is 173 g/mol. The smallest absolute Gasteiger partial charge is 0.411 e. The van der Waals surface area contributed by atoms with E-state index >= 15 is 0 Å². The molecule has 0 aromatic carbocycles. The Bertz CT molecular complexity index is 178. The van der Waals surface area contributed by atoms with Gasteiger partial charge in [-0.15, -0.1) is 0 Å². The van der Waals surface area contributed by atoms with Gasteiger partial charge in [-0.1, -0.05) is 6.58 Å². The number of hydrogen-bond donors (Lipinski definition) is 2. The second-order valence-electron chi connectivity index (χ2n) is 2.00. The van der Waals surface area contributed by atoms with Gasteiger partial charge in [-0.25, -0.2) is 4.79 Å². The van der Waals surface area contributed by atoms with Crippen molar-refractivity contribution in [3.05, 3.63) is 12.8 Å². The average molecular weight is 173 g/mol. The molecule has 0 heterocycles. The minimum Gasteiger partial charge on any atom is -0.481 e. The quantitative estimate of drug-likeness (QED) is 0.474. The summed E-state index contributed by atoms with van der Waals surface area (Å²) in [6.07, 6.45) is 0.818. The molecular weight excluding hydrogens is 162 g/mol. The van der Waals surface area contributed by atoms with Crippen LogP contribution in [0.3, 0.4) is 0 Å². The molecule has 0 aliphatic carbocycles. The Balaban J connectivity index is 3.25. The summed E-state index contributed by atoms with van der Waals surface area (Å²) < 4.78 is 4.32. The van der Waals surface area contributed by atoms with Gasteiger partial charge in [-0.3, -0.25) is 4.79 Å². The molecule has 68 valence electrons. The van der Waals surface area contributed by atoms with Crippen molar-refractivity contribution < 1.29 is 19.4 Å². The summed E-state index contributed by atoms with van der Waals surface area (Å²) in [6, 6.07) is 0. The molecule has 0 rings (SSSR count). The van der Waals surface area contributed by atoms with E-state index in [1.54, 1.807) is 0 Å². The molecule has 2 N–H and O–H groups in total. The second kappa shape index (κ2) is 6.21. The van der Waals surface area contributed by atoms with Gasteiger partial charge in [0.15, 0.2) is 0 Å². The number of nitrogens with one attached hydrogen (secondary N) is 1. The van der Waals surface area contributed by atoms with Crippen LogP contribution in [0, 0.1) is 0 Å². The van der Waals surface area contributed by atoms with E-state index in [-0.39, 0.29) is 6.42 Å². The Morgan fingerprint density at radius 1 is 1.58 bits per heavy atom. The minimum atomic E-state index is -0.881. The van der Waals surface area contributed by atoms with E-state index < -0.39 is 12.1 Å². The molecule has 0 aliphatic heterocycles. The summed E-state index contributed by atoms with van der Waals surface area (Å²) in [4.78, 5) is 20.5. The number of alkyl carbamates (subject to hydrolysis) is 1. The lowest BCUT2D eigenvalue weighted by Gasteiger charge is -2.00. The van der Waals surface area contributed by atoms with Gasteiger partial charge in [0.25, 0.3) is 0 Å². The van der Waals surface area contributed by atoms with Crippen molar-refractivity contribution in [2.45, 2.75) is 12.8 Å². The first-order chi connectivity index (χ1) is 5.66. The molecule has 0 radical (unpaired) electrons. The van der Waals surface area contributed by atoms with Crippen LogP contribution in [0.25, 0.3) is 0 Å². The van der Waals surface area contributed by atoms with Gasteiger partial charge >= 0.3 is 12.1 Å². The standard InChI is InChI=1S/C7H11NO4/c1-2-12-7(11)8-5-3-4-6(9)10/h2H,1,3-5H2,(H,8,11)(H,9,10). The molecule has 1 amide bonds. The number of carboxylic acids is 1.